The van der Waals surface area contributed by atoms with Crippen molar-refractivity contribution < 1.29 is 0 Å². The van der Waals surface area contributed by atoms with Crippen LogP contribution in [0.15, 0.2) is 145 Å². The first-order chi connectivity index (χ1) is 43.9. The molecule has 0 radical (unpaired) electrons. The third-order valence-corrected chi connectivity index (χ3v) is 25.2. The molecule has 15 rings (SSSR count). The smallest absolute Gasteiger partial charge is 0.331 e. The summed E-state index contributed by atoms with van der Waals surface area (Å²) in [5, 5.41) is 18.7. The summed E-state index contributed by atoms with van der Waals surface area (Å²) in [4.78, 5) is 47.5. The zero-order chi connectivity index (χ0) is 62.7. The van der Waals surface area contributed by atoms with Gasteiger partial charge < -0.3 is 20.1 Å². The van der Waals surface area contributed by atoms with Crippen LogP contribution >= 0.6 is 105 Å². The molecule has 9 aromatic rings. The zero-order valence-electron chi connectivity index (χ0n) is 50.3. The second kappa shape index (κ2) is 33.2. The Labute approximate surface area is 583 Å². The summed E-state index contributed by atoms with van der Waals surface area (Å²) in [6, 6.07) is 16.8. The highest BCUT2D eigenvalue weighted by atomic mass is 35.5. The van der Waals surface area contributed by atoms with E-state index in [9.17, 15) is 4.79 Å². The molecule has 15 nitrogen and oxygen atoms in total. The van der Waals surface area contributed by atoms with Crippen LogP contribution in [0.2, 0.25) is 30.1 Å². The van der Waals surface area contributed by atoms with Crippen LogP contribution in [0.1, 0.15) is 150 Å². The van der Waals surface area contributed by atoms with Crippen LogP contribution in [0.25, 0.3) is 16.9 Å². The maximum absolute atomic E-state index is 11.6. The standard InChI is InChI=1S/2C22H24Cl2N4S.C12H7Cl2N3OS.C10H19N.2CH4.N2/c2*23-16-5-4-6-17(19(16)24)29-18-15-26-21(28-14-11-25-20(18)28)27-12-9-22(10-13-27)7-2-1-3-8-22;13-7-2-1-3-8(10(7)14)19-9-6-16-12(18)17-5-4-15-11(9)17;1-2-4-10(5-3-1)6-8-11-9-7-10;;;1-2/h2*4-6,11,14-15H,1-3,7-10,12-13H2;1-6H,(H,16,18);11H,1-9H2;2*1H4;. The quantitative estimate of drug-likeness (QED) is 0.137. The number of rotatable bonds is 8. The first kappa shape index (κ1) is 71.4. The minimum Gasteiger partial charge on any atom is -0.342 e. The van der Waals surface area contributed by atoms with E-state index in [4.69, 9.17) is 90.4 Å². The van der Waals surface area contributed by atoms with Crippen molar-refractivity contribution >= 4 is 134 Å². The van der Waals surface area contributed by atoms with Gasteiger partial charge in [0.05, 0.1) is 44.8 Å². The Balaban J connectivity index is 0.000000149. The molecule has 490 valence electrons. The van der Waals surface area contributed by atoms with E-state index in [1.54, 1.807) is 60.3 Å². The van der Waals surface area contributed by atoms with Crippen molar-refractivity contribution in [2.24, 2.45) is 16.2 Å². The fourth-order valence-electron chi connectivity index (χ4n) is 14.1. The van der Waals surface area contributed by atoms with Crippen molar-refractivity contribution in [3.05, 3.63) is 151 Å². The van der Waals surface area contributed by atoms with Crippen LogP contribution < -0.4 is 20.8 Å². The first-order valence-corrected chi connectivity index (χ1v) is 36.1. The average Bonchev–Trinajstić information content (AvgIpc) is 1.48. The maximum atomic E-state index is 11.6. The largest absolute Gasteiger partial charge is 0.342 e. The zero-order valence-corrected chi connectivity index (χ0v) is 57.2. The van der Waals surface area contributed by atoms with Gasteiger partial charge in [0.15, 0.2) is 16.9 Å². The van der Waals surface area contributed by atoms with Gasteiger partial charge in [-0.05, 0) is 143 Å². The fourth-order valence-corrected chi connectivity index (χ4v) is 18.4. The van der Waals surface area contributed by atoms with Crippen LogP contribution in [-0.4, -0.2) is 82.4 Å². The average molecular weight is 1420 g/mol. The molecule has 6 aromatic heterocycles. The van der Waals surface area contributed by atoms with E-state index < -0.39 is 0 Å². The van der Waals surface area contributed by atoms with E-state index in [-0.39, 0.29) is 20.5 Å². The van der Waals surface area contributed by atoms with Gasteiger partial charge in [0.1, 0.15) is 0 Å². The second-order valence-electron chi connectivity index (χ2n) is 24.5. The Bertz CT molecular complexity index is 3760. The number of aromatic nitrogens is 9. The molecule has 6 aliphatic rings. The van der Waals surface area contributed by atoms with Gasteiger partial charge in [0.25, 0.3) is 0 Å². The number of halogens is 6. The first-order valence-electron chi connectivity index (χ1n) is 31.3. The van der Waals surface area contributed by atoms with E-state index in [0.717, 1.165) is 84.2 Å². The van der Waals surface area contributed by atoms with E-state index in [0.29, 0.717) is 46.6 Å². The number of benzene rings is 3. The summed E-state index contributed by atoms with van der Waals surface area (Å²) in [6.45, 7) is 6.86. The Hall–Kier alpha value is -4.91. The van der Waals surface area contributed by atoms with Crippen molar-refractivity contribution in [1.29, 1.82) is 10.8 Å². The number of imidazole rings is 3. The van der Waals surface area contributed by atoms with Crippen molar-refractivity contribution in [3.63, 3.8) is 0 Å². The second-order valence-corrected chi connectivity index (χ2v) is 30.1. The van der Waals surface area contributed by atoms with Crippen LogP contribution in [0, 0.1) is 27.0 Å². The highest BCUT2D eigenvalue weighted by molar-refractivity contribution is 8.00. The number of aromatic amines is 1. The monoisotopic (exact) mass is 1420 g/mol. The number of nitrogens with zero attached hydrogens (tertiary/aromatic N) is 12. The van der Waals surface area contributed by atoms with Gasteiger partial charge in [-0.1, -0.05) is 196 Å². The highest BCUT2D eigenvalue weighted by Crippen LogP contribution is 2.48. The lowest BCUT2D eigenvalue weighted by molar-refractivity contribution is 0.134. The van der Waals surface area contributed by atoms with Gasteiger partial charge in [-0.15, -0.1) is 0 Å². The summed E-state index contributed by atoms with van der Waals surface area (Å²) in [7, 11) is 0. The summed E-state index contributed by atoms with van der Waals surface area (Å²) in [6.07, 6.45) is 46.0. The third-order valence-electron chi connectivity index (χ3n) is 19.2. The lowest BCUT2D eigenvalue weighted by atomic mass is 9.68. The van der Waals surface area contributed by atoms with Crippen molar-refractivity contribution in [2.45, 2.75) is 179 Å². The number of hydrogen-bond acceptors (Lipinski definition) is 14. The van der Waals surface area contributed by atoms with Crippen molar-refractivity contribution in [3.8, 4) is 0 Å². The summed E-state index contributed by atoms with van der Waals surface area (Å²) >= 11 is 41.8. The van der Waals surface area contributed by atoms with Gasteiger partial charge >= 0.3 is 5.69 Å². The van der Waals surface area contributed by atoms with Crippen molar-refractivity contribution in [1.82, 2.24) is 48.4 Å². The Kier molecular flexibility index (Phi) is 25.7. The minimum absolute atomic E-state index is 0. The number of anilines is 2. The topological polar surface area (TPSA) is 177 Å². The number of fused-ring (bicyclic) bond motifs is 3. The molecule has 3 saturated heterocycles. The van der Waals surface area contributed by atoms with Crippen LogP contribution in [0.3, 0.4) is 0 Å². The normalized spacial score (nSPS) is 18.0. The molecule has 0 amide bonds. The van der Waals surface area contributed by atoms with Gasteiger partial charge in [-0.2, -0.15) is 0 Å². The van der Waals surface area contributed by atoms with Gasteiger partial charge in [-0.25, -0.2) is 29.7 Å². The molecule has 24 heteroatoms. The lowest BCUT2D eigenvalue weighted by Gasteiger charge is -2.44. The number of piperidine rings is 3. The molecular weight excluding hydrogens is 1340 g/mol. The summed E-state index contributed by atoms with van der Waals surface area (Å²) < 4.78 is 5.67. The van der Waals surface area contributed by atoms with E-state index in [1.165, 1.54) is 164 Å². The minimum atomic E-state index is -0.228. The molecule has 2 N–H and O–H groups in total. The third kappa shape index (κ3) is 16.7. The Morgan fingerprint density at radius 1 is 0.413 bits per heavy atom. The molecule has 0 atom stereocenters. The molecule has 3 spiro atoms. The van der Waals surface area contributed by atoms with Gasteiger partial charge in [0.2, 0.25) is 11.9 Å². The van der Waals surface area contributed by atoms with E-state index >= 15 is 0 Å². The molecule has 92 heavy (non-hydrogen) atoms. The Morgan fingerprint density at radius 2 is 0.750 bits per heavy atom. The molecule has 0 unspecified atom stereocenters. The molecule has 3 aliphatic heterocycles. The van der Waals surface area contributed by atoms with E-state index in [2.05, 4.69) is 43.9 Å². The van der Waals surface area contributed by atoms with Crippen LogP contribution in [0.5, 0.6) is 0 Å². The predicted octanol–water partition coefficient (Wildman–Crippen LogP) is 20.6. The highest BCUT2D eigenvalue weighted by Gasteiger charge is 2.38. The number of hydrogen-bond donors (Lipinski definition) is 2. The van der Waals surface area contributed by atoms with E-state index in [1.807, 2.05) is 73.6 Å². The van der Waals surface area contributed by atoms with Gasteiger partial charge in [-0.3, -0.25) is 13.2 Å². The molecule has 9 heterocycles. The lowest BCUT2D eigenvalue weighted by Crippen LogP contribution is -2.42. The Morgan fingerprint density at radius 3 is 1.13 bits per heavy atom. The number of H-pyrrole nitrogens is 1. The van der Waals surface area contributed by atoms with Crippen LogP contribution in [-0.2, 0) is 0 Å². The van der Waals surface area contributed by atoms with Crippen molar-refractivity contribution in [2.75, 3.05) is 49.1 Å². The fraction of sp³-hybridized carbons (Fsp3) is 0.471. The summed E-state index contributed by atoms with van der Waals surface area (Å²) in [5.74, 6) is 1.98. The maximum Gasteiger partial charge on any atom is 0.331 e. The molecular formula is C68H82Cl6N14OS3. The number of nitrogens with one attached hydrogen (secondary N) is 2. The predicted molar refractivity (Wildman–Crippen MR) is 382 cm³/mol. The SMILES string of the molecule is C.C.C1CCC2(CC1)CCNCC2.Clc1cccc(Sc2cnc(N3CCC4(CCCCC4)CC3)n3ccnc23)c1Cl.Clc1cccc(Sc2cnc(N3CCC4(CCCCC4)CC3)n3ccnc23)c1Cl.N#N.O=c1[nH]cc(Sc2cccc(Cl)c2Cl)c2nccn12. The molecule has 0 bridgehead atoms. The molecule has 3 aliphatic carbocycles. The van der Waals surface area contributed by atoms with Gasteiger partial charge in [0, 0.05) is 107 Å². The summed E-state index contributed by atoms with van der Waals surface area (Å²) in [5.41, 5.74) is 4.15. The molecule has 3 saturated carbocycles. The molecule has 6 fully saturated rings. The molecule has 3 aromatic carbocycles. The van der Waals surface area contributed by atoms with Crippen LogP contribution in [0.4, 0.5) is 11.9 Å².